The molecule has 1 aromatic heterocycles. The van der Waals surface area contributed by atoms with E-state index < -0.39 is 10.7 Å². The van der Waals surface area contributed by atoms with E-state index in [0.29, 0.717) is 11.6 Å². The van der Waals surface area contributed by atoms with Gasteiger partial charge in [-0.25, -0.2) is 4.39 Å². The Morgan fingerprint density at radius 3 is 2.75 bits per heavy atom. The third-order valence-corrected chi connectivity index (χ3v) is 3.17. The predicted octanol–water partition coefficient (Wildman–Crippen LogP) is 1.82. The van der Waals surface area contributed by atoms with Gasteiger partial charge in [0, 0.05) is 17.7 Å². The van der Waals surface area contributed by atoms with E-state index >= 15 is 0 Å². The number of halogens is 1. The lowest BCUT2D eigenvalue weighted by Gasteiger charge is -2.07. The number of hydrogen-bond donors (Lipinski definition) is 1. The number of benzene rings is 1. The van der Waals surface area contributed by atoms with Crippen LogP contribution in [0.5, 0.6) is 0 Å². The van der Waals surface area contributed by atoms with Crippen LogP contribution in [0.4, 0.5) is 10.1 Å². The summed E-state index contributed by atoms with van der Waals surface area (Å²) in [5.41, 5.74) is -0.0494. The summed E-state index contributed by atoms with van der Waals surface area (Å²) < 4.78 is 15.2. The molecule has 104 valence electrons. The molecule has 8 heteroatoms. The Labute approximate surface area is 112 Å². The maximum atomic E-state index is 13.5. The highest BCUT2D eigenvalue weighted by Crippen LogP contribution is 2.39. The highest BCUT2D eigenvalue weighted by atomic mass is 19.1. The van der Waals surface area contributed by atoms with Crippen molar-refractivity contribution in [1.82, 2.24) is 14.8 Å². The van der Waals surface area contributed by atoms with Crippen LogP contribution in [0.1, 0.15) is 24.7 Å². The van der Waals surface area contributed by atoms with Crippen LogP contribution in [0.25, 0.3) is 11.4 Å². The first-order chi connectivity index (χ1) is 9.60. The number of nitrogens with zero attached hydrogens (tertiary/aromatic N) is 4. The smallest absolute Gasteiger partial charge is 0.273 e. The first-order valence-electron chi connectivity index (χ1n) is 6.10. The van der Waals surface area contributed by atoms with Gasteiger partial charge in [-0.15, -0.1) is 10.2 Å². The molecule has 7 nitrogen and oxygen atoms in total. The van der Waals surface area contributed by atoms with E-state index in [9.17, 15) is 19.6 Å². The van der Waals surface area contributed by atoms with Gasteiger partial charge >= 0.3 is 0 Å². The summed E-state index contributed by atoms with van der Waals surface area (Å²) in [6, 6.07) is 3.46. The predicted molar refractivity (Wildman–Crippen MR) is 66.3 cm³/mol. The largest absolute Gasteiger partial charge is 0.388 e. The molecule has 0 amide bonds. The van der Waals surface area contributed by atoms with Crippen LogP contribution in [0, 0.1) is 15.9 Å². The van der Waals surface area contributed by atoms with Gasteiger partial charge in [-0.05, 0) is 18.9 Å². The minimum atomic E-state index is -0.704. The molecule has 0 bridgehead atoms. The van der Waals surface area contributed by atoms with E-state index in [1.807, 2.05) is 0 Å². The fourth-order valence-corrected chi connectivity index (χ4v) is 2.15. The Morgan fingerprint density at radius 1 is 1.40 bits per heavy atom. The van der Waals surface area contributed by atoms with Crippen LogP contribution in [0.3, 0.4) is 0 Å². The normalized spacial score (nSPS) is 14.5. The molecule has 1 aromatic carbocycles. The van der Waals surface area contributed by atoms with Crippen molar-refractivity contribution >= 4 is 5.69 Å². The quantitative estimate of drug-likeness (QED) is 0.680. The zero-order chi connectivity index (χ0) is 14.3. The van der Waals surface area contributed by atoms with Gasteiger partial charge in [0.2, 0.25) is 0 Å². The van der Waals surface area contributed by atoms with Crippen LogP contribution < -0.4 is 0 Å². The van der Waals surface area contributed by atoms with E-state index in [4.69, 9.17) is 0 Å². The fourth-order valence-electron chi connectivity index (χ4n) is 2.15. The van der Waals surface area contributed by atoms with Crippen molar-refractivity contribution in [3.63, 3.8) is 0 Å². The number of aliphatic hydroxyl groups excluding tert-OH is 1. The molecule has 0 atom stereocenters. The van der Waals surface area contributed by atoms with Crippen molar-refractivity contribution in [2.75, 3.05) is 0 Å². The van der Waals surface area contributed by atoms with Crippen molar-refractivity contribution in [2.24, 2.45) is 0 Å². The third-order valence-electron chi connectivity index (χ3n) is 3.17. The Hall–Kier alpha value is -2.35. The molecule has 1 heterocycles. The summed E-state index contributed by atoms with van der Waals surface area (Å²) in [5, 5.41) is 27.8. The molecule has 0 unspecified atom stereocenters. The Kier molecular flexibility index (Phi) is 2.94. The van der Waals surface area contributed by atoms with Gasteiger partial charge in [0.15, 0.2) is 11.6 Å². The Balaban J connectivity index is 2.13. The van der Waals surface area contributed by atoms with Crippen LogP contribution in [0.2, 0.25) is 0 Å². The molecule has 0 aliphatic heterocycles. The minimum absolute atomic E-state index is 0.171. The number of nitro benzene ring substituents is 1. The van der Waals surface area contributed by atoms with Crippen molar-refractivity contribution in [1.29, 1.82) is 0 Å². The van der Waals surface area contributed by atoms with E-state index in [1.165, 1.54) is 12.1 Å². The zero-order valence-corrected chi connectivity index (χ0v) is 10.4. The van der Waals surface area contributed by atoms with Crippen LogP contribution >= 0.6 is 0 Å². The molecule has 2 aromatic rings. The molecule has 0 radical (unpaired) electrons. The molecule has 0 saturated heterocycles. The maximum absolute atomic E-state index is 13.5. The maximum Gasteiger partial charge on any atom is 0.273 e. The van der Waals surface area contributed by atoms with E-state index in [0.717, 1.165) is 18.9 Å². The summed E-state index contributed by atoms with van der Waals surface area (Å²) in [5.74, 6) is 0.0265. The number of aliphatic hydroxyl groups is 1. The third kappa shape index (κ3) is 2.14. The fraction of sp³-hybridized carbons (Fsp3) is 0.333. The highest BCUT2D eigenvalue weighted by Gasteiger charge is 2.30. The molecule has 0 spiro atoms. The lowest BCUT2D eigenvalue weighted by atomic mass is 10.2. The van der Waals surface area contributed by atoms with E-state index in [1.54, 1.807) is 4.57 Å². The number of non-ortho nitro benzene ring substituents is 1. The van der Waals surface area contributed by atoms with Crippen molar-refractivity contribution in [3.05, 3.63) is 40.0 Å². The SMILES string of the molecule is O=[N+]([O-])c1cc(F)cc(-c2nnc(CO)n2C2CC2)c1. The molecule has 1 N–H and O–H groups in total. The molecule has 3 rings (SSSR count). The summed E-state index contributed by atoms with van der Waals surface area (Å²) in [7, 11) is 0. The van der Waals surface area contributed by atoms with Gasteiger partial charge < -0.3 is 9.67 Å². The lowest BCUT2D eigenvalue weighted by Crippen LogP contribution is -2.03. The molecular formula is C12H11FN4O3. The summed E-state index contributed by atoms with van der Waals surface area (Å²) in [4.78, 5) is 10.1. The summed E-state index contributed by atoms with van der Waals surface area (Å²) in [6.07, 6.45) is 1.85. The summed E-state index contributed by atoms with van der Waals surface area (Å²) >= 11 is 0. The minimum Gasteiger partial charge on any atom is -0.388 e. The van der Waals surface area contributed by atoms with Crippen molar-refractivity contribution < 1.29 is 14.4 Å². The van der Waals surface area contributed by atoms with E-state index in [2.05, 4.69) is 10.2 Å². The highest BCUT2D eigenvalue weighted by molar-refractivity contribution is 5.60. The average Bonchev–Trinajstić information content (AvgIpc) is 3.16. The van der Waals surface area contributed by atoms with Crippen molar-refractivity contribution in [2.45, 2.75) is 25.5 Å². The summed E-state index contributed by atoms with van der Waals surface area (Å²) in [6.45, 7) is -0.277. The van der Waals surface area contributed by atoms with Crippen molar-refractivity contribution in [3.8, 4) is 11.4 Å². The molecule has 20 heavy (non-hydrogen) atoms. The molecule has 1 fully saturated rings. The monoisotopic (exact) mass is 278 g/mol. The van der Waals surface area contributed by atoms with Gasteiger partial charge in [-0.1, -0.05) is 0 Å². The average molecular weight is 278 g/mol. The second kappa shape index (κ2) is 4.64. The molecular weight excluding hydrogens is 267 g/mol. The van der Waals surface area contributed by atoms with Gasteiger partial charge in [-0.3, -0.25) is 10.1 Å². The van der Waals surface area contributed by atoms with Gasteiger partial charge in [0.05, 0.1) is 11.0 Å². The number of rotatable bonds is 4. The number of aromatic nitrogens is 3. The van der Waals surface area contributed by atoms with Gasteiger partial charge in [-0.2, -0.15) is 0 Å². The Bertz CT molecular complexity index is 681. The Morgan fingerprint density at radius 2 is 2.15 bits per heavy atom. The van der Waals surface area contributed by atoms with Crippen LogP contribution in [-0.4, -0.2) is 24.8 Å². The number of hydrogen-bond acceptors (Lipinski definition) is 5. The molecule has 1 saturated carbocycles. The molecule has 1 aliphatic rings. The van der Waals surface area contributed by atoms with Gasteiger partial charge in [0.1, 0.15) is 12.4 Å². The van der Waals surface area contributed by atoms with Crippen LogP contribution in [-0.2, 0) is 6.61 Å². The van der Waals surface area contributed by atoms with E-state index in [-0.39, 0.29) is 23.9 Å². The lowest BCUT2D eigenvalue weighted by molar-refractivity contribution is -0.385. The second-order valence-corrected chi connectivity index (χ2v) is 4.65. The number of nitro groups is 1. The zero-order valence-electron chi connectivity index (χ0n) is 10.4. The molecule has 1 aliphatic carbocycles. The van der Waals surface area contributed by atoms with Gasteiger partial charge in [0.25, 0.3) is 5.69 Å². The first kappa shape index (κ1) is 12.7. The first-order valence-corrected chi connectivity index (χ1v) is 6.10. The second-order valence-electron chi connectivity index (χ2n) is 4.65. The van der Waals surface area contributed by atoms with Crippen LogP contribution in [0.15, 0.2) is 18.2 Å². The standard InChI is InChI=1S/C12H11FN4O3/c13-8-3-7(4-10(5-8)17(19)20)12-15-14-11(6-18)16(12)9-1-2-9/h3-5,9,18H,1-2,6H2. The topological polar surface area (TPSA) is 94.1 Å².